The number of amides is 1. The number of aromatic nitrogens is 2. The summed E-state index contributed by atoms with van der Waals surface area (Å²) in [7, 11) is 3.61. The van der Waals surface area contributed by atoms with Gasteiger partial charge in [-0.15, -0.1) is 11.3 Å². The lowest BCUT2D eigenvalue weighted by atomic mass is 10.3. The van der Waals surface area contributed by atoms with Gasteiger partial charge in [-0.3, -0.25) is 14.2 Å². The topological polar surface area (TPSA) is 67.2 Å². The number of thiophene rings is 1. The van der Waals surface area contributed by atoms with Crippen LogP contribution in [0, 0.1) is 0 Å². The summed E-state index contributed by atoms with van der Waals surface area (Å²) >= 11 is 1.44. The molecule has 0 fully saturated rings. The molecule has 0 unspecified atom stereocenters. The van der Waals surface area contributed by atoms with Crippen molar-refractivity contribution in [3.63, 3.8) is 0 Å². The quantitative estimate of drug-likeness (QED) is 0.844. The molecule has 0 radical (unpaired) electrons. The van der Waals surface area contributed by atoms with E-state index < -0.39 is 0 Å². The van der Waals surface area contributed by atoms with Crippen molar-refractivity contribution in [2.75, 3.05) is 27.2 Å². The van der Waals surface area contributed by atoms with Gasteiger partial charge in [0.15, 0.2) is 0 Å². The molecule has 0 aliphatic heterocycles. The van der Waals surface area contributed by atoms with Gasteiger partial charge in [0.2, 0.25) is 5.91 Å². The van der Waals surface area contributed by atoms with Crippen molar-refractivity contribution in [1.29, 1.82) is 0 Å². The lowest BCUT2D eigenvalue weighted by Gasteiger charge is -2.17. The molecule has 0 saturated carbocycles. The van der Waals surface area contributed by atoms with E-state index in [9.17, 15) is 9.59 Å². The van der Waals surface area contributed by atoms with Gasteiger partial charge in [0.1, 0.15) is 4.83 Å². The molecular weight excluding hydrogens is 276 g/mol. The van der Waals surface area contributed by atoms with Crippen LogP contribution < -0.4 is 10.9 Å². The molecule has 1 amide bonds. The summed E-state index contributed by atoms with van der Waals surface area (Å²) in [6.45, 7) is 1.77. The molecule has 0 bridgehead atoms. The van der Waals surface area contributed by atoms with E-state index in [0.29, 0.717) is 24.9 Å². The number of nitrogens with zero attached hydrogens (tertiary/aromatic N) is 3. The number of nitrogens with one attached hydrogen (secondary N) is 1. The van der Waals surface area contributed by atoms with E-state index in [1.807, 2.05) is 12.4 Å². The summed E-state index contributed by atoms with van der Waals surface area (Å²) in [5, 5.41) is 5.46. The van der Waals surface area contributed by atoms with E-state index in [4.69, 9.17) is 0 Å². The Labute approximate surface area is 121 Å². The minimum absolute atomic E-state index is 0.0255. The normalized spacial score (nSPS) is 10.9. The minimum Gasteiger partial charge on any atom is -0.344 e. The van der Waals surface area contributed by atoms with Gasteiger partial charge in [0, 0.05) is 33.1 Å². The third-order valence-corrected chi connectivity index (χ3v) is 3.96. The maximum Gasteiger partial charge on any atom is 0.262 e. The molecule has 0 spiro atoms. The zero-order chi connectivity index (χ0) is 14.5. The fraction of sp³-hybridized carbons (Fsp3) is 0.462. The second-order valence-corrected chi connectivity index (χ2v) is 5.45. The number of hydrogen-bond donors (Lipinski definition) is 1. The molecule has 0 saturated heterocycles. The summed E-state index contributed by atoms with van der Waals surface area (Å²) in [6, 6.07) is 1.77. The number of likely N-dealkylation sites (N-methyl/N-ethyl adjacent to an activating group) is 2. The Bertz CT molecular complexity index is 649. The summed E-state index contributed by atoms with van der Waals surface area (Å²) in [5.41, 5.74) is -0.0815. The monoisotopic (exact) mass is 294 g/mol. The van der Waals surface area contributed by atoms with Gasteiger partial charge < -0.3 is 10.2 Å². The highest BCUT2D eigenvalue weighted by molar-refractivity contribution is 7.16. The second kappa shape index (κ2) is 6.62. The second-order valence-electron chi connectivity index (χ2n) is 4.55. The molecule has 2 heterocycles. The number of carbonyl (C=O) groups is 1. The molecule has 20 heavy (non-hydrogen) atoms. The number of fused-ring (bicyclic) bond motifs is 1. The smallest absolute Gasteiger partial charge is 0.262 e. The molecule has 6 nitrogen and oxygen atoms in total. The molecule has 0 aliphatic carbocycles. The Morgan fingerprint density at radius 1 is 1.55 bits per heavy atom. The molecule has 2 rings (SSSR count). The van der Waals surface area contributed by atoms with E-state index in [0.717, 1.165) is 11.4 Å². The Morgan fingerprint density at radius 3 is 3.10 bits per heavy atom. The van der Waals surface area contributed by atoms with Gasteiger partial charge in [0.05, 0.1) is 11.7 Å². The molecule has 108 valence electrons. The average molecular weight is 294 g/mol. The maximum atomic E-state index is 12.1. The summed E-state index contributed by atoms with van der Waals surface area (Å²) < 4.78 is 1.50. The summed E-state index contributed by atoms with van der Waals surface area (Å²) in [4.78, 5) is 30.7. The first kappa shape index (κ1) is 14.7. The first-order valence-electron chi connectivity index (χ1n) is 6.44. The Kier molecular flexibility index (Phi) is 4.86. The standard InChI is InChI=1S/C13H18N4O2S/c1-14-5-7-16(2)11(18)3-6-17-9-15-12-10(13(17)19)4-8-20-12/h4,8-9,14H,3,5-7H2,1-2H3. The zero-order valence-electron chi connectivity index (χ0n) is 11.6. The van der Waals surface area contributed by atoms with Crippen LogP contribution in [-0.2, 0) is 11.3 Å². The van der Waals surface area contributed by atoms with Gasteiger partial charge in [0.25, 0.3) is 5.56 Å². The largest absolute Gasteiger partial charge is 0.344 e. The van der Waals surface area contributed by atoms with Crippen LogP contribution in [0.5, 0.6) is 0 Å². The van der Waals surface area contributed by atoms with Crippen molar-refractivity contribution < 1.29 is 4.79 Å². The molecule has 0 atom stereocenters. The van der Waals surface area contributed by atoms with E-state index >= 15 is 0 Å². The molecule has 7 heteroatoms. The van der Waals surface area contributed by atoms with Crippen LogP contribution >= 0.6 is 11.3 Å². The highest BCUT2D eigenvalue weighted by Crippen LogP contribution is 2.13. The van der Waals surface area contributed by atoms with Crippen molar-refractivity contribution in [3.05, 3.63) is 28.1 Å². The van der Waals surface area contributed by atoms with E-state index in [2.05, 4.69) is 10.3 Å². The Morgan fingerprint density at radius 2 is 2.35 bits per heavy atom. The lowest BCUT2D eigenvalue weighted by molar-refractivity contribution is -0.130. The minimum atomic E-state index is -0.0815. The van der Waals surface area contributed by atoms with Gasteiger partial charge in [-0.2, -0.15) is 0 Å². The molecule has 0 aromatic carbocycles. The number of carbonyl (C=O) groups excluding carboxylic acids is 1. The molecule has 2 aromatic heterocycles. The first-order valence-corrected chi connectivity index (χ1v) is 7.32. The van der Waals surface area contributed by atoms with E-state index in [-0.39, 0.29) is 11.5 Å². The predicted octanol–water partition coefficient (Wildman–Crippen LogP) is 0.526. The van der Waals surface area contributed by atoms with Crippen molar-refractivity contribution in [2.45, 2.75) is 13.0 Å². The molecule has 1 N–H and O–H groups in total. The van der Waals surface area contributed by atoms with Crippen LogP contribution in [-0.4, -0.2) is 47.5 Å². The third-order valence-electron chi connectivity index (χ3n) is 3.14. The Hall–Kier alpha value is -1.73. The van der Waals surface area contributed by atoms with Crippen LogP contribution in [0.3, 0.4) is 0 Å². The fourth-order valence-corrected chi connectivity index (χ4v) is 2.59. The van der Waals surface area contributed by atoms with Crippen molar-refractivity contribution >= 4 is 27.5 Å². The highest BCUT2D eigenvalue weighted by Gasteiger charge is 2.10. The average Bonchev–Trinajstić information content (AvgIpc) is 2.93. The van der Waals surface area contributed by atoms with Gasteiger partial charge >= 0.3 is 0 Å². The van der Waals surface area contributed by atoms with Crippen molar-refractivity contribution in [2.24, 2.45) is 0 Å². The van der Waals surface area contributed by atoms with Gasteiger partial charge in [-0.05, 0) is 18.5 Å². The van der Waals surface area contributed by atoms with Gasteiger partial charge in [-0.25, -0.2) is 4.98 Å². The molecular formula is C13H18N4O2S. The lowest BCUT2D eigenvalue weighted by Crippen LogP contribution is -2.34. The predicted molar refractivity (Wildman–Crippen MR) is 80.1 cm³/mol. The molecule has 2 aromatic rings. The number of aryl methyl sites for hydroxylation is 1. The van der Waals surface area contributed by atoms with Gasteiger partial charge in [-0.1, -0.05) is 0 Å². The summed E-state index contributed by atoms with van der Waals surface area (Å²) in [6.07, 6.45) is 1.82. The zero-order valence-corrected chi connectivity index (χ0v) is 12.4. The number of rotatable bonds is 6. The SMILES string of the molecule is CNCCN(C)C(=O)CCn1cnc2sccc2c1=O. The third kappa shape index (κ3) is 3.23. The highest BCUT2D eigenvalue weighted by atomic mass is 32.1. The van der Waals surface area contributed by atoms with Crippen LogP contribution in [0.15, 0.2) is 22.6 Å². The molecule has 0 aliphatic rings. The summed E-state index contributed by atoms with van der Waals surface area (Å²) in [5.74, 6) is 0.0255. The van der Waals surface area contributed by atoms with Crippen LogP contribution in [0.25, 0.3) is 10.2 Å². The van der Waals surface area contributed by atoms with Crippen LogP contribution in [0.4, 0.5) is 0 Å². The van der Waals surface area contributed by atoms with Crippen LogP contribution in [0.1, 0.15) is 6.42 Å². The van der Waals surface area contributed by atoms with E-state index in [1.165, 1.54) is 22.2 Å². The van der Waals surface area contributed by atoms with Crippen LogP contribution in [0.2, 0.25) is 0 Å². The van der Waals surface area contributed by atoms with Crippen molar-refractivity contribution in [3.8, 4) is 0 Å². The van der Waals surface area contributed by atoms with E-state index in [1.54, 1.807) is 18.0 Å². The fourth-order valence-electron chi connectivity index (χ4n) is 1.86. The first-order chi connectivity index (χ1) is 9.63. The maximum absolute atomic E-state index is 12.1. The Balaban J connectivity index is 2.00. The van der Waals surface area contributed by atoms with Crippen molar-refractivity contribution in [1.82, 2.24) is 19.8 Å². The number of hydrogen-bond acceptors (Lipinski definition) is 5.